The minimum absolute atomic E-state index is 0.00463. The van der Waals surface area contributed by atoms with Gasteiger partial charge < -0.3 is 20.1 Å². The molecule has 17 heavy (non-hydrogen) atoms. The fourth-order valence-corrected chi connectivity index (χ4v) is 1.65. The van der Waals surface area contributed by atoms with Crippen LogP contribution >= 0.6 is 0 Å². The third kappa shape index (κ3) is 2.81. The Morgan fingerprint density at radius 2 is 2.18 bits per heavy atom. The zero-order valence-electron chi connectivity index (χ0n) is 10.1. The molecule has 1 aromatic rings. The first-order chi connectivity index (χ1) is 8.33. The quantitative estimate of drug-likeness (QED) is 0.583. The van der Waals surface area contributed by atoms with Crippen molar-refractivity contribution in [2.45, 2.75) is 6.10 Å². The van der Waals surface area contributed by atoms with Gasteiger partial charge in [0.1, 0.15) is 12.7 Å². The molecule has 1 atom stereocenters. The molecule has 1 aromatic carbocycles. The normalized spacial score (nSPS) is 18.7. The van der Waals surface area contributed by atoms with E-state index in [0.29, 0.717) is 13.2 Å². The van der Waals surface area contributed by atoms with Gasteiger partial charge in [-0.3, -0.25) is 4.99 Å². The van der Waals surface area contributed by atoms with Crippen molar-refractivity contribution in [3.63, 3.8) is 0 Å². The zero-order chi connectivity index (χ0) is 12.1. The van der Waals surface area contributed by atoms with Crippen molar-refractivity contribution in [3.05, 3.63) is 24.3 Å². The van der Waals surface area contributed by atoms with Gasteiger partial charge in [-0.1, -0.05) is 12.1 Å². The lowest BCUT2D eigenvalue weighted by Crippen LogP contribution is -2.44. The van der Waals surface area contributed by atoms with E-state index in [1.54, 1.807) is 7.05 Å². The number of guanidine groups is 1. The first-order valence-corrected chi connectivity index (χ1v) is 5.60. The second-order valence-electron chi connectivity index (χ2n) is 3.70. The molecule has 2 rings (SSSR count). The fourth-order valence-electron chi connectivity index (χ4n) is 1.65. The minimum Gasteiger partial charge on any atom is -0.486 e. The van der Waals surface area contributed by atoms with Crippen LogP contribution in [0.4, 0.5) is 0 Å². The Kier molecular flexibility index (Phi) is 3.69. The number of hydrogen-bond acceptors (Lipinski definition) is 3. The monoisotopic (exact) mass is 235 g/mol. The summed E-state index contributed by atoms with van der Waals surface area (Å²) in [5.74, 6) is 2.35. The van der Waals surface area contributed by atoms with E-state index in [0.717, 1.165) is 17.5 Å². The Balaban J connectivity index is 1.90. The maximum absolute atomic E-state index is 5.80. The van der Waals surface area contributed by atoms with E-state index in [2.05, 4.69) is 15.6 Å². The first kappa shape index (κ1) is 11.6. The second-order valence-corrected chi connectivity index (χ2v) is 3.70. The van der Waals surface area contributed by atoms with Crippen molar-refractivity contribution in [2.75, 3.05) is 27.2 Å². The predicted octanol–water partition coefficient (Wildman–Crippen LogP) is 0.621. The summed E-state index contributed by atoms with van der Waals surface area (Å²) in [6.45, 7) is 1.20. The van der Waals surface area contributed by atoms with Gasteiger partial charge in [0.15, 0.2) is 17.5 Å². The lowest BCUT2D eigenvalue weighted by Gasteiger charge is -2.26. The van der Waals surface area contributed by atoms with Gasteiger partial charge in [0.05, 0.1) is 6.54 Å². The van der Waals surface area contributed by atoms with Crippen molar-refractivity contribution >= 4 is 5.96 Å². The molecule has 0 amide bonds. The second kappa shape index (κ2) is 5.43. The summed E-state index contributed by atoms with van der Waals surface area (Å²) >= 11 is 0. The average molecular weight is 235 g/mol. The van der Waals surface area contributed by atoms with Crippen molar-refractivity contribution in [3.8, 4) is 11.5 Å². The number of para-hydroxylation sites is 2. The van der Waals surface area contributed by atoms with Crippen LogP contribution < -0.4 is 20.1 Å². The highest BCUT2D eigenvalue weighted by atomic mass is 16.6. The van der Waals surface area contributed by atoms with E-state index in [-0.39, 0.29) is 6.10 Å². The highest BCUT2D eigenvalue weighted by Gasteiger charge is 2.20. The number of nitrogens with zero attached hydrogens (tertiary/aromatic N) is 1. The van der Waals surface area contributed by atoms with Gasteiger partial charge >= 0.3 is 0 Å². The Morgan fingerprint density at radius 1 is 1.41 bits per heavy atom. The van der Waals surface area contributed by atoms with Crippen LogP contribution in [0.25, 0.3) is 0 Å². The van der Waals surface area contributed by atoms with Crippen LogP contribution in [0.1, 0.15) is 0 Å². The number of nitrogens with one attached hydrogen (secondary N) is 2. The number of aliphatic imine (C=N–C) groups is 1. The van der Waals surface area contributed by atoms with Crippen molar-refractivity contribution in [2.24, 2.45) is 4.99 Å². The summed E-state index contributed by atoms with van der Waals surface area (Å²) in [7, 11) is 3.55. The number of ether oxygens (including phenoxy) is 2. The summed E-state index contributed by atoms with van der Waals surface area (Å²) in [6, 6.07) is 7.69. The highest BCUT2D eigenvalue weighted by Crippen LogP contribution is 2.30. The first-order valence-electron chi connectivity index (χ1n) is 5.60. The van der Waals surface area contributed by atoms with Crippen LogP contribution in [0, 0.1) is 0 Å². The number of benzene rings is 1. The van der Waals surface area contributed by atoms with Gasteiger partial charge in [-0.05, 0) is 12.1 Å². The van der Waals surface area contributed by atoms with Crippen molar-refractivity contribution < 1.29 is 9.47 Å². The van der Waals surface area contributed by atoms with E-state index in [1.165, 1.54) is 0 Å². The van der Waals surface area contributed by atoms with Gasteiger partial charge in [0, 0.05) is 14.1 Å². The summed E-state index contributed by atoms with van der Waals surface area (Å²) in [5.41, 5.74) is 0. The molecule has 0 radical (unpaired) electrons. The molecule has 0 fully saturated rings. The molecule has 1 heterocycles. The van der Waals surface area contributed by atoms with Crippen molar-refractivity contribution in [1.82, 2.24) is 10.6 Å². The molecule has 2 N–H and O–H groups in total. The molecule has 5 nitrogen and oxygen atoms in total. The molecule has 92 valence electrons. The Morgan fingerprint density at radius 3 is 2.88 bits per heavy atom. The molecule has 0 saturated carbocycles. The molecule has 0 saturated heterocycles. The molecular formula is C12H17N3O2. The van der Waals surface area contributed by atoms with Gasteiger partial charge in [-0.15, -0.1) is 0 Å². The lowest BCUT2D eigenvalue weighted by molar-refractivity contribution is 0.0936. The summed E-state index contributed by atoms with van der Waals surface area (Å²) in [4.78, 5) is 4.03. The Hall–Kier alpha value is -1.91. The molecule has 0 bridgehead atoms. The van der Waals surface area contributed by atoms with E-state index in [9.17, 15) is 0 Å². The average Bonchev–Trinajstić information content (AvgIpc) is 2.40. The van der Waals surface area contributed by atoms with Crippen LogP contribution in [0.5, 0.6) is 11.5 Å². The zero-order valence-corrected chi connectivity index (χ0v) is 10.1. The minimum atomic E-state index is -0.00463. The Bertz CT molecular complexity index is 406. The molecule has 5 heteroatoms. The smallest absolute Gasteiger partial charge is 0.190 e. The summed E-state index contributed by atoms with van der Waals surface area (Å²) in [5, 5.41) is 6.11. The summed E-state index contributed by atoms with van der Waals surface area (Å²) < 4.78 is 11.4. The lowest BCUT2D eigenvalue weighted by atomic mass is 10.2. The predicted molar refractivity (Wildman–Crippen MR) is 66.8 cm³/mol. The molecule has 0 spiro atoms. The molecule has 0 aliphatic carbocycles. The SMILES string of the molecule is CN=C(NC)NCC1COc2ccccc2O1. The topological polar surface area (TPSA) is 54.9 Å². The number of fused-ring (bicyclic) bond motifs is 1. The van der Waals surface area contributed by atoms with Crippen LogP contribution in [0.3, 0.4) is 0 Å². The van der Waals surface area contributed by atoms with Gasteiger partial charge in [0.2, 0.25) is 0 Å². The molecule has 0 aromatic heterocycles. The standard InChI is InChI=1S/C12H17N3O2/c1-13-12(14-2)15-7-9-8-16-10-5-3-4-6-11(10)17-9/h3-6,9H,7-8H2,1-2H3,(H2,13,14,15). The van der Waals surface area contributed by atoms with Crippen LogP contribution in [-0.4, -0.2) is 39.3 Å². The molecule has 1 aliphatic heterocycles. The van der Waals surface area contributed by atoms with Crippen molar-refractivity contribution in [1.29, 1.82) is 0 Å². The number of hydrogen-bond donors (Lipinski definition) is 2. The Labute approximate surface area is 101 Å². The largest absolute Gasteiger partial charge is 0.486 e. The van der Waals surface area contributed by atoms with Crippen LogP contribution in [-0.2, 0) is 0 Å². The van der Waals surface area contributed by atoms with E-state index in [4.69, 9.17) is 9.47 Å². The third-order valence-corrected chi connectivity index (χ3v) is 2.53. The summed E-state index contributed by atoms with van der Waals surface area (Å²) in [6.07, 6.45) is -0.00463. The number of rotatable bonds is 2. The maximum Gasteiger partial charge on any atom is 0.190 e. The molecule has 1 unspecified atom stereocenters. The van der Waals surface area contributed by atoms with Gasteiger partial charge in [0.25, 0.3) is 0 Å². The van der Waals surface area contributed by atoms with E-state index in [1.807, 2.05) is 31.3 Å². The fraction of sp³-hybridized carbons (Fsp3) is 0.417. The van der Waals surface area contributed by atoms with Crippen LogP contribution in [0.2, 0.25) is 0 Å². The van der Waals surface area contributed by atoms with E-state index < -0.39 is 0 Å². The van der Waals surface area contributed by atoms with Gasteiger partial charge in [-0.2, -0.15) is 0 Å². The van der Waals surface area contributed by atoms with Crippen LogP contribution in [0.15, 0.2) is 29.3 Å². The molecular weight excluding hydrogens is 218 g/mol. The maximum atomic E-state index is 5.80. The third-order valence-electron chi connectivity index (χ3n) is 2.53. The van der Waals surface area contributed by atoms with E-state index >= 15 is 0 Å². The molecule has 1 aliphatic rings. The van der Waals surface area contributed by atoms with Gasteiger partial charge in [-0.25, -0.2) is 0 Å². The highest BCUT2D eigenvalue weighted by molar-refractivity contribution is 5.79.